The number of nitrogens with zero attached hydrogens (tertiary/aromatic N) is 2. The Kier molecular flexibility index (Phi) is 4.06. The van der Waals surface area contributed by atoms with Crippen molar-refractivity contribution < 1.29 is 17.3 Å². The van der Waals surface area contributed by atoms with Crippen molar-refractivity contribution in [3.05, 3.63) is 60.3 Å². The minimum absolute atomic E-state index is 0.00411. The van der Waals surface area contributed by atoms with E-state index in [1.807, 2.05) is 6.07 Å². The molecule has 0 fully saturated rings. The predicted octanol–water partition coefficient (Wildman–Crippen LogP) is 2.88. The Morgan fingerprint density at radius 1 is 1.08 bits per heavy atom. The molecule has 0 radical (unpaired) electrons. The molecule has 7 heteroatoms. The summed E-state index contributed by atoms with van der Waals surface area (Å²) >= 11 is 0. The third kappa shape index (κ3) is 2.87. The molecular formula is C17H12N2O4S. The van der Waals surface area contributed by atoms with Crippen molar-refractivity contribution in [2.45, 2.75) is 4.90 Å². The molecule has 3 aromatic rings. The van der Waals surface area contributed by atoms with Gasteiger partial charge in [0, 0.05) is 17.6 Å². The molecule has 0 spiro atoms. The Hall–Kier alpha value is -3.11. The van der Waals surface area contributed by atoms with Crippen LogP contribution in [0.1, 0.15) is 5.56 Å². The second kappa shape index (κ2) is 6.18. The number of benzene rings is 2. The molecule has 1 aromatic heterocycles. The zero-order valence-corrected chi connectivity index (χ0v) is 13.4. The van der Waals surface area contributed by atoms with Crippen molar-refractivity contribution >= 4 is 21.0 Å². The fourth-order valence-electron chi connectivity index (χ4n) is 2.25. The van der Waals surface area contributed by atoms with Gasteiger partial charge in [-0.1, -0.05) is 18.2 Å². The third-order valence-corrected chi connectivity index (χ3v) is 4.62. The van der Waals surface area contributed by atoms with Crippen LogP contribution < -0.4 is 8.92 Å². The Morgan fingerprint density at radius 3 is 2.62 bits per heavy atom. The highest BCUT2D eigenvalue weighted by molar-refractivity contribution is 7.87. The first kappa shape index (κ1) is 15.8. The predicted molar refractivity (Wildman–Crippen MR) is 87.3 cm³/mol. The summed E-state index contributed by atoms with van der Waals surface area (Å²) in [5.74, 6) is 0.162. The molecule has 0 aliphatic heterocycles. The molecule has 6 nitrogen and oxygen atoms in total. The fraction of sp³-hybridized carbons (Fsp3) is 0.0588. The van der Waals surface area contributed by atoms with E-state index in [9.17, 15) is 8.42 Å². The zero-order chi connectivity index (χ0) is 17.2. The number of hydrogen-bond acceptors (Lipinski definition) is 6. The Labute approximate surface area is 139 Å². The summed E-state index contributed by atoms with van der Waals surface area (Å²) in [5.41, 5.74) is 0.663. The SMILES string of the molecule is COc1cc(C#N)ccc1OS(=O)(=O)c1cccc2cccnc12. The van der Waals surface area contributed by atoms with E-state index in [0.29, 0.717) is 16.5 Å². The molecule has 0 unspecified atom stereocenters. The molecule has 0 saturated carbocycles. The van der Waals surface area contributed by atoms with E-state index in [4.69, 9.17) is 14.2 Å². The summed E-state index contributed by atoms with van der Waals surface area (Å²) in [6.45, 7) is 0. The average Bonchev–Trinajstić information content (AvgIpc) is 2.61. The maximum absolute atomic E-state index is 12.7. The summed E-state index contributed by atoms with van der Waals surface area (Å²) in [6, 6.07) is 14.5. The highest BCUT2D eigenvalue weighted by Crippen LogP contribution is 2.31. The molecule has 0 amide bonds. The van der Waals surface area contributed by atoms with Crippen molar-refractivity contribution in [2.75, 3.05) is 7.11 Å². The number of nitriles is 1. The van der Waals surface area contributed by atoms with Gasteiger partial charge in [-0.3, -0.25) is 4.98 Å². The number of hydrogen-bond donors (Lipinski definition) is 0. The number of methoxy groups -OCH3 is 1. The summed E-state index contributed by atoms with van der Waals surface area (Å²) in [6.07, 6.45) is 1.52. The molecule has 1 heterocycles. The number of fused-ring (bicyclic) bond motifs is 1. The van der Waals surface area contributed by atoms with Crippen LogP contribution in [-0.2, 0) is 10.1 Å². The molecule has 3 rings (SSSR count). The van der Waals surface area contributed by atoms with Crippen LogP contribution in [-0.4, -0.2) is 20.5 Å². The van der Waals surface area contributed by atoms with Crippen molar-refractivity contribution in [2.24, 2.45) is 0 Å². The van der Waals surface area contributed by atoms with Crippen LogP contribution in [0.5, 0.6) is 11.5 Å². The van der Waals surface area contributed by atoms with Gasteiger partial charge < -0.3 is 8.92 Å². The van der Waals surface area contributed by atoms with Gasteiger partial charge in [-0.05, 0) is 24.3 Å². The monoisotopic (exact) mass is 340 g/mol. The Bertz CT molecular complexity index is 1050. The van der Waals surface area contributed by atoms with E-state index in [1.54, 1.807) is 24.3 Å². The first-order valence-electron chi connectivity index (χ1n) is 6.91. The van der Waals surface area contributed by atoms with Crippen LogP contribution in [0.2, 0.25) is 0 Å². The van der Waals surface area contributed by atoms with Crippen LogP contribution in [0.15, 0.2) is 59.6 Å². The fourth-order valence-corrected chi connectivity index (χ4v) is 3.36. The van der Waals surface area contributed by atoms with Crippen LogP contribution >= 0.6 is 0 Å². The van der Waals surface area contributed by atoms with Gasteiger partial charge in [-0.25, -0.2) is 0 Å². The van der Waals surface area contributed by atoms with Gasteiger partial charge in [0.2, 0.25) is 0 Å². The van der Waals surface area contributed by atoms with E-state index >= 15 is 0 Å². The third-order valence-electron chi connectivity index (χ3n) is 3.36. The second-order valence-corrected chi connectivity index (χ2v) is 6.36. The number of ether oxygens (including phenoxy) is 1. The highest BCUT2D eigenvalue weighted by Gasteiger charge is 2.22. The van der Waals surface area contributed by atoms with Gasteiger partial charge >= 0.3 is 10.1 Å². The molecule has 0 aliphatic rings. The molecule has 24 heavy (non-hydrogen) atoms. The summed E-state index contributed by atoms with van der Waals surface area (Å²) in [7, 11) is -2.75. The highest BCUT2D eigenvalue weighted by atomic mass is 32.2. The van der Waals surface area contributed by atoms with Gasteiger partial charge in [0.15, 0.2) is 11.5 Å². The number of aromatic nitrogens is 1. The molecule has 120 valence electrons. The van der Waals surface area contributed by atoms with Gasteiger partial charge in [0.25, 0.3) is 0 Å². The van der Waals surface area contributed by atoms with Gasteiger partial charge in [0.05, 0.1) is 24.3 Å². The van der Waals surface area contributed by atoms with Crippen LogP contribution in [0, 0.1) is 11.3 Å². The maximum atomic E-state index is 12.7. The normalized spacial score (nSPS) is 11.0. The lowest BCUT2D eigenvalue weighted by atomic mass is 10.2. The summed E-state index contributed by atoms with van der Waals surface area (Å²) in [5, 5.41) is 9.59. The van der Waals surface area contributed by atoms with E-state index < -0.39 is 10.1 Å². The Morgan fingerprint density at radius 2 is 1.88 bits per heavy atom. The van der Waals surface area contributed by atoms with E-state index in [0.717, 1.165) is 0 Å². The van der Waals surface area contributed by atoms with Gasteiger partial charge in [0.1, 0.15) is 4.90 Å². The van der Waals surface area contributed by atoms with Crippen molar-refractivity contribution in [3.63, 3.8) is 0 Å². The first-order valence-corrected chi connectivity index (χ1v) is 8.32. The van der Waals surface area contributed by atoms with E-state index in [-0.39, 0.29) is 16.4 Å². The summed E-state index contributed by atoms with van der Waals surface area (Å²) in [4.78, 5) is 4.09. The van der Waals surface area contributed by atoms with E-state index in [2.05, 4.69) is 4.98 Å². The average molecular weight is 340 g/mol. The number of rotatable bonds is 4. The number of para-hydroxylation sites is 1. The quantitative estimate of drug-likeness (QED) is 0.679. The lowest BCUT2D eigenvalue weighted by Gasteiger charge is -2.12. The van der Waals surface area contributed by atoms with E-state index in [1.165, 1.54) is 37.6 Å². The molecule has 0 bridgehead atoms. The van der Waals surface area contributed by atoms with Crippen molar-refractivity contribution in [1.29, 1.82) is 5.26 Å². The van der Waals surface area contributed by atoms with Crippen molar-refractivity contribution in [1.82, 2.24) is 4.98 Å². The van der Waals surface area contributed by atoms with Crippen LogP contribution in [0.3, 0.4) is 0 Å². The minimum Gasteiger partial charge on any atom is -0.493 e. The smallest absolute Gasteiger partial charge is 0.341 e. The van der Waals surface area contributed by atoms with Crippen molar-refractivity contribution in [3.8, 4) is 17.6 Å². The second-order valence-electron chi connectivity index (χ2n) is 4.85. The molecule has 0 atom stereocenters. The molecule has 0 saturated heterocycles. The molecular weight excluding hydrogens is 328 g/mol. The van der Waals surface area contributed by atoms with Gasteiger partial charge in [-0.2, -0.15) is 13.7 Å². The first-order chi connectivity index (χ1) is 11.5. The largest absolute Gasteiger partial charge is 0.493 e. The molecule has 2 aromatic carbocycles. The number of pyridine rings is 1. The summed E-state index contributed by atoms with van der Waals surface area (Å²) < 4.78 is 35.6. The standard InChI is InChI=1S/C17H12N2O4S/c1-22-15-10-12(11-18)7-8-14(15)23-24(20,21)16-6-2-4-13-5-3-9-19-17(13)16/h2-10H,1H3. The Balaban J connectivity index is 2.08. The maximum Gasteiger partial charge on any atom is 0.341 e. The lowest BCUT2D eigenvalue weighted by molar-refractivity contribution is 0.390. The minimum atomic E-state index is -4.12. The zero-order valence-electron chi connectivity index (χ0n) is 12.6. The molecule has 0 N–H and O–H groups in total. The van der Waals surface area contributed by atoms with Gasteiger partial charge in [-0.15, -0.1) is 0 Å². The topological polar surface area (TPSA) is 89.3 Å². The molecule has 0 aliphatic carbocycles. The van der Waals surface area contributed by atoms with Crippen LogP contribution in [0.25, 0.3) is 10.9 Å². The van der Waals surface area contributed by atoms with Crippen LogP contribution in [0.4, 0.5) is 0 Å². The lowest BCUT2D eigenvalue weighted by Crippen LogP contribution is -2.11.